The van der Waals surface area contributed by atoms with E-state index < -0.39 is 0 Å². The maximum atomic E-state index is 4.54. The van der Waals surface area contributed by atoms with Crippen molar-refractivity contribution in [1.82, 2.24) is 19.7 Å². The molecule has 18 heavy (non-hydrogen) atoms. The zero-order valence-corrected chi connectivity index (χ0v) is 11.7. The van der Waals surface area contributed by atoms with Gasteiger partial charge in [0.1, 0.15) is 16.2 Å². The Morgan fingerprint density at radius 3 is 2.94 bits per heavy atom. The van der Waals surface area contributed by atoms with Gasteiger partial charge in [0, 0.05) is 25.2 Å². The normalized spacial score (nSPS) is 14.8. The van der Waals surface area contributed by atoms with Gasteiger partial charge in [0.2, 0.25) is 0 Å². The number of halogens is 1. The number of aryl methyl sites for hydroxylation is 1. The Bertz CT molecular complexity index is 561. The second kappa shape index (κ2) is 4.68. The fraction of sp³-hybridized carbons (Fsp3) is 0.417. The van der Waals surface area contributed by atoms with Gasteiger partial charge >= 0.3 is 0 Å². The SMILES string of the molecule is Cn1nccc1CNc1cc(Br)nc(C2CC2)n1. The fourth-order valence-electron chi connectivity index (χ4n) is 1.81. The molecule has 1 aliphatic rings. The molecule has 3 rings (SSSR count). The Kier molecular flexibility index (Phi) is 3.03. The highest BCUT2D eigenvalue weighted by Gasteiger charge is 2.27. The number of hydrogen-bond acceptors (Lipinski definition) is 4. The monoisotopic (exact) mass is 307 g/mol. The molecular weight excluding hydrogens is 294 g/mol. The van der Waals surface area contributed by atoms with Crippen LogP contribution >= 0.6 is 15.9 Å². The van der Waals surface area contributed by atoms with Gasteiger partial charge in [-0.15, -0.1) is 0 Å². The third kappa shape index (κ3) is 2.53. The number of aromatic nitrogens is 4. The van der Waals surface area contributed by atoms with Crippen molar-refractivity contribution in [3.63, 3.8) is 0 Å². The summed E-state index contributed by atoms with van der Waals surface area (Å²) < 4.78 is 2.69. The van der Waals surface area contributed by atoms with E-state index in [1.54, 1.807) is 6.20 Å². The van der Waals surface area contributed by atoms with Crippen LogP contribution in [0.5, 0.6) is 0 Å². The lowest BCUT2D eigenvalue weighted by atomic mass is 10.4. The third-order valence-electron chi connectivity index (χ3n) is 3.03. The Balaban J connectivity index is 1.74. The predicted molar refractivity (Wildman–Crippen MR) is 72.2 cm³/mol. The molecule has 0 amide bonds. The van der Waals surface area contributed by atoms with Crippen LogP contribution in [0.1, 0.15) is 30.3 Å². The number of nitrogens with zero attached hydrogens (tertiary/aromatic N) is 4. The van der Waals surface area contributed by atoms with E-state index in [0.717, 1.165) is 21.9 Å². The van der Waals surface area contributed by atoms with Crippen molar-refractivity contribution < 1.29 is 0 Å². The average molecular weight is 308 g/mol. The van der Waals surface area contributed by atoms with E-state index in [0.29, 0.717) is 12.5 Å². The van der Waals surface area contributed by atoms with Gasteiger partial charge in [-0.2, -0.15) is 5.10 Å². The average Bonchev–Trinajstić information content (AvgIpc) is 3.11. The maximum absolute atomic E-state index is 4.54. The number of hydrogen-bond donors (Lipinski definition) is 1. The highest BCUT2D eigenvalue weighted by molar-refractivity contribution is 9.10. The molecule has 2 heterocycles. The first-order valence-corrected chi connectivity index (χ1v) is 6.77. The molecular formula is C12H14BrN5. The molecule has 6 heteroatoms. The zero-order valence-electron chi connectivity index (χ0n) is 10.1. The topological polar surface area (TPSA) is 55.6 Å². The molecule has 0 aromatic carbocycles. The molecule has 1 aliphatic carbocycles. The second-order valence-electron chi connectivity index (χ2n) is 4.51. The van der Waals surface area contributed by atoms with Crippen molar-refractivity contribution in [1.29, 1.82) is 0 Å². The molecule has 2 aromatic heterocycles. The van der Waals surface area contributed by atoms with Crippen molar-refractivity contribution in [3.8, 4) is 0 Å². The lowest BCUT2D eigenvalue weighted by Gasteiger charge is -2.07. The molecule has 0 bridgehead atoms. The smallest absolute Gasteiger partial charge is 0.135 e. The summed E-state index contributed by atoms with van der Waals surface area (Å²) in [5.41, 5.74) is 1.12. The van der Waals surface area contributed by atoms with Crippen LogP contribution in [-0.2, 0) is 13.6 Å². The molecule has 2 aromatic rings. The van der Waals surface area contributed by atoms with Gasteiger partial charge in [0.05, 0.1) is 12.2 Å². The van der Waals surface area contributed by atoms with Crippen LogP contribution in [0, 0.1) is 0 Å². The van der Waals surface area contributed by atoms with E-state index in [9.17, 15) is 0 Å². The quantitative estimate of drug-likeness (QED) is 0.882. The Morgan fingerprint density at radius 1 is 1.44 bits per heavy atom. The van der Waals surface area contributed by atoms with Crippen LogP contribution in [0.4, 0.5) is 5.82 Å². The molecule has 1 N–H and O–H groups in total. The van der Waals surface area contributed by atoms with E-state index >= 15 is 0 Å². The standard InChI is InChI=1S/C12H14BrN5/c1-18-9(4-5-15-18)7-14-11-6-10(13)16-12(17-11)8-2-3-8/h4-6,8H,2-3,7H2,1H3,(H,14,16,17). The summed E-state index contributed by atoms with van der Waals surface area (Å²) in [6.07, 6.45) is 4.21. The fourth-order valence-corrected chi connectivity index (χ4v) is 2.20. The van der Waals surface area contributed by atoms with Gasteiger partial charge in [-0.05, 0) is 34.8 Å². The summed E-state index contributed by atoms with van der Waals surface area (Å²) in [6.45, 7) is 0.712. The van der Waals surface area contributed by atoms with Gasteiger partial charge in [0.15, 0.2) is 0 Å². The highest BCUT2D eigenvalue weighted by Crippen LogP contribution is 2.38. The number of nitrogens with one attached hydrogen (secondary N) is 1. The summed E-state index contributed by atoms with van der Waals surface area (Å²) >= 11 is 3.43. The van der Waals surface area contributed by atoms with Gasteiger partial charge in [-0.3, -0.25) is 4.68 Å². The zero-order chi connectivity index (χ0) is 12.5. The van der Waals surface area contributed by atoms with Crippen molar-refractivity contribution in [2.24, 2.45) is 7.05 Å². The van der Waals surface area contributed by atoms with Crippen LogP contribution < -0.4 is 5.32 Å². The van der Waals surface area contributed by atoms with Crippen LogP contribution in [0.15, 0.2) is 22.9 Å². The van der Waals surface area contributed by atoms with E-state index in [1.165, 1.54) is 12.8 Å². The van der Waals surface area contributed by atoms with Crippen LogP contribution in [0.2, 0.25) is 0 Å². The minimum Gasteiger partial charge on any atom is -0.364 e. The molecule has 0 aliphatic heterocycles. The lowest BCUT2D eigenvalue weighted by molar-refractivity contribution is 0.719. The highest BCUT2D eigenvalue weighted by atomic mass is 79.9. The van der Waals surface area contributed by atoms with Gasteiger partial charge in [-0.25, -0.2) is 9.97 Å². The van der Waals surface area contributed by atoms with Crippen molar-refractivity contribution in [2.45, 2.75) is 25.3 Å². The molecule has 0 unspecified atom stereocenters. The summed E-state index contributed by atoms with van der Waals surface area (Å²) in [4.78, 5) is 8.95. The van der Waals surface area contributed by atoms with E-state index in [4.69, 9.17) is 0 Å². The molecule has 0 spiro atoms. The molecule has 5 nitrogen and oxygen atoms in total. The van der Waals surface area contributed by atoms with Crippen molar-refractivity contribution >= 4 is 21.7 Å². The molecule has 1 fully saturated rings. The first-order chi connectivity index (χ1) is 8.72. The van der Waals surface area contributed by atoms with Gasteiger partial charge in [-0.1, -0.05) is 0 Å². The molecule has 0 atom stereocenters. The maximum Gasteiger partial charge on any atom is 0.135 e. The Hall–Kier alpha value is -1.43. The first-order valence-electron chi connectivity index (χ1n) is 5.97. The minimum atomic E-state index is 0.555. The van der Waals surface area contributed by atoms with Crippen molar-refractivity contribution in [3.05, 3.63) is 34.5 Å². The van der Waals surface area contributed by atoms with Crippen LogP contribution in [-0.4, -0.2) is 19.7 Å². The van der Waals surface area contributed by atoms with Crippen LogP contribution in [0.25, 0.3) is 0 Å². The molecule has 0 radical (unpaired) electrons. The van der Waals surface area contributed by atoms with E-state index in [-0.39, 0.29) is 0 Å². The summed E-state index contributed by atoms with van der Waals surface area (Å²) in [6, 6.07) is 3.90. The second-order valence-corrected chi connectivity index (χ2v) is 5.32. The third-order valence-corrected chi connectivity index (χ3v) is 3.43. The van der Waals surface area contributed by atoms with E-state index in [1.807, 2.05) is 23.9 Å². The van der Waals surface area contributed by atoms with Crippen LogP contribution in [0.3, 0.4) is 0 Å². The largest absolute Gasteiger partial charge is 0.364 e. The summed E-state index contributed by atoms with van der Waals surface area (Å²) in [7, 11) is 1.93. The molecule has 0 saturated heterocycles. The van der Waals surface area contributed by atoms with E-state index in [2.05, 4.69) is 36.3 Å². The Morgan fingerprint density at radius 2 is 2.28 bits per heavy atom. The molecule has 94 valence electrons. The van der Waals surface area contributed by atoms with Gasteiger partial charge < -0.3 is 5.32 Å². The first kappa shape index (κ1) is 11.6. The molecule has 1 saturated carbocycles. The lowest BCUT2D eigenvalue weighted by Crippen LogP contribution is -2.07. The minimum absolute atomic E-state index is 0.555. The van der Waals surface area contributed by atoms with Crippen molar-refractivity contribution in [2.75, 3.05) is 5.32 Å². The summed E-state index contributed by atoms with van der Waals surface area (Å²) in [5, 5.41) is 7.45. The Labute approximate surface area is 114 Å². The predicted octanol–water partition coefficient (Wildman–Crippen LogP) is 2.46. The number of anilines is 1. The summed E-state index contributed by atoms with van der Waals surface area (Å²) in [5.74, 6) is 2.36. The number of rotatable bonds is 4. The van der Waals surface area contributed by atoms with Gasteiger partial charge in [0.25, 0.3) is 0 Å².